The highest BCUT2D eigenvalue weighted by atomic mass is 32.2. The first-order valence-electron chi connectivity index (χ1n) is 9.72. The number of carbonyl (C=O) groups is 1. The summed E-state index contributed by atoms with van der Waals surface area (Å²) in [4.78, 5) is 14.8. The van der Waals surface area contributed by atoms with Gasteiger partial charge in [0.1, 0.15) is 17.7 Å². The standard InChI is InChI=1S/C24H24N2O2S/c1-18-11-13-20(14-12-18)25-24(27)26-15-16-29-23(26)21-9-5-6-10-22(21)28-17-19-7-3-2-4-8-19/h2-14,23H,15-17H2,1H3,(H,25,27)/t23-/m0/s1. The van der Waals surface area contributed by atoms with Crippen LogP contribution < -0.4 is 10.1 Å². The average molecular weight is 405 g/mol. The molecular weight excluding hydrogens is 380 g/mol. The van der Waals surface area contributed by atoms with Crippen molar-refractivity contribution in [3.63, 3.8) is 0 Å². The third-order valence-electron chi connectivity index (χ3n) is 4.88. The van der Waals surface area contributed by atoms with Gasteiger partial charge in [-0.05, 0) is 30.7 Å². The number of carbonyl (C=O) groups excluding carboxylic acids is 1. The summed E-state index contributed by atoms with van der Waals surface area (Å²) >= 11 is 1.77. The van der Waals surface area contributed by atoms with Crippen molar-refractivity contribution in [3.8, 4) is 5.75 Å². The molecule has 1 atom stereocenters. The minimum Gasteiger partial charge on any atom is -0.489 e. The number of amides is 2. The van der Waals surface area contributed by atoms with Crippen molar-refractivity contribution in [1.29, 1.82) is 0 Å². The Balaban J connectivity index is 1.49. The van der Waals surface area contributed by atoms with Crippen LogP contribution in [0.5, 0.6) is 5.75 Å². The summed E-state index contributed by atoms with van der Waals surface area (Å²) in [5.74, 6) is 1.72. The second-order valence-electron chi connectivity index (χ2n) is 7.02. The Morgan fingerprint density at radius 2 is 1.76 bits per heavy atom. The molecule has 0 spiro atoms. The molecule has 0 aromatic heterocycles. The predicted molar refractivity (Wildman–Crippen MR) is 119 cm³/mol. The van der Waals surface area contributed by atoms with E-state index in [1.165, 1.54) is 5.56 Å². The summed E-state index contributed by atoms with van der Waals surface area (Å²) < 4.78 is 6.12. The Morgan fingerprint density at radius 1 is 1.03 bits per heavy atom. The highest BCUT2D eigenvalue weighted by Crippen LogP contribution is 2.42. The van der Waals surface area contributed by atoms with Gasteiger partial charge in [-0.2, -0.15) is 0 Å². The van der Waals surface area contributed by atoms with Crippen LogP contribution in [0, 0.1) is 6.92 Å². The van der Waals surface area contributed by atoms with E-state index in [0.717, 1.165) is 28.3 Å². The van der Waals surface area contributed by atoms with Crippen LogP contribution in [0.4, 0.5) is 10.5 Å². The molecule has 0 radical (unpaired) electrons. The predicted octanol–water partition coefficient (Wildman–Crippen LogP) is 5.85. The monoisotopic (exact) mass is 404 g/mol. The van der Waals surface area contributed by atoms with Gasteiger partial charge in [-0.3, -0.25) is 0 Å². The minimum absolute atomic E-state index is 0.0626. The molecule has 4 rings (SSSR count). The number of anilines is 1. The maximum atomic E-state index is 12.9. The number of aryl methyl sites for hydroxylation is 1. The Bertz CT molecular complexity index is 960. The van der Waals surface area contributed by atoms with Crippen molar-refractivity contribution in [2.24, 2.45) is 0 Å². The zero-order chi connectivity index (χ0) is 20.1. The molecule has 4 nitrogen and oxygen atoms in total. The van der Waals surface area contributed by atoms with Gasteiger partial charge in [0.15, 0.2) is 0 Å². The molecule has 1 aliphatic rings. The van der Waals surface area contributed by atoms with Gasteiger partial charge in [0.05, 0.1) is 0 Å². The first kappa shape index (κ1) is 19.4. The molecule has 2 amide bonds. The second kappa shape index (κ2) is 9.05. The second-order valence-corrected chi connectivity index (χ2v) is 8.21. The molecule has 0 unspecified atom stereocenters. The van der Waals surface area contributed by atoms with Gasteiger partial charge in [0.25, 0.3) is 0 Å². The number of ether oxygens (including phenoxy) is 1. The molecule has 1 fully saturated rings. The molecule has 1 heterocycles. The SMILES string of the molecule is Cc1ccc(NC(=O)N2CCS[C@H]2c2ccccc2OCc2ccccc2)cc1. The lowest BCUT2D eigenvalue weighted by Gasteiger charge is -2.26. The van der Waals surface area contributed by atoms with Gasteiger partial charge < -0.3 is 15.0 Å². The molecule has 0 saturated carbocycles. The number of urea groups is 1. The molecule has 0 bridgehead atoms. The number of benzene rings is 3. The largest absolute Gasteiger partial charge is 0.489 e. The van der Waals surface area contributed by atoms with Crippen LogP contribution in [0.2, 0.25) is 0 Å². The maximum absolute atomic E-state index is 12.9. The Labute approximate surface area is 175 Å². The van der Waals surface area contributed by atoms with Crippen molar-refractivity contribution in [2.75, 3.05) is 17.6 Å². The van der Waals surface area contributed by atoms with E-state index in [1.54, 1.807) is 11.8 Å². The first-order valence-corrected chi connectivity index (χ1v) is 10.8. The normalized spacial score (nSPS) is 15.9. The fraction of sp³-hybridized carbons (Fsp3) is 0.208. The number of hydrogen-bond acceptors (Lipinski definition) is 3. The van der Waals surface area contributed by atoms with E-state index in [-0.39, 0.29) is 11.4 Å². The smallest absolute Gasteiger partial charge is 0.323 e. The lowest BCUT2D eigenvalue weighted by atomic mass is 10.1. The Kier molecular flexibility index (Phi) is 6.06. The van der Waals surface area contributed by atoms with E-state index >= 15 is 0 Å². The van der Waals surface area contributed by atoms with E-state index < -0.39 is 0 Å². The van der Waals surface area contributed by atoms with Gasteiger partial charge in [-0.25, -0.2) is 4.79 Å². The fourth-order valence-electron chi connectivity index (χ4n) is 3.32. The topological polar surface area (TPSA) is 41.6 Å². The molecule has 1 N–H and O–H groups in total. The summed E-state index contributed by atoms with van der Waals surface area (Å²) in [5, 5.41) is 2.96. The van der Waals surface area contributed by atoms with Crippen molar-refractivity contribution < 1.29 is 9.53 Å². The van der Waals surface area contributed by atoms with Crippen LogP contribution in [0.15, 0.2) is 78.9 Å². The number of nitrogens with one attached hydrogen (secondary N) is 1. The van der Waals surface area contributed by atoms with E-state index in [1.807, 2.05) is 84.6 Å². The zero-order valence-corrected chi connectivity index (χ0v) is 17.2. The summed E-state index contributed by atoms with van der Waals surface area (Å²) in [5.41, 5.74) is 4.13. The molecule has 3 aromatic rings. The molecule has 5 heteroatoms. The van der Waals surface area contributed by atoms with Gasteiger partial charge >= 0.3 is 6.03 Å². The van der Waals surface area contributed by atoms with Crippen molar-refractivity contribution in [3.05, 3.63) is 95.6 Å². The average Bonchev–Trinajstić information content (AvgIpc) is 3.25. The van der Waals surface area contributed by atoms with Crippen LogP contribution in [0.1, 0.15) is 22.1 Å². The third-order valence-corrected chi connectivity index (χ3v) is 6.12. The van der Waals surface area contributed by atoms with Gasteiger partial charge in [-0.15, -0.1) is 11.8 Å². The molecule has 0 aliphatic carbocycles. The molecule has 148 valence electrons. The Hall–Kier alpha value is -2.92. The highest BCUT2D eigenvalue weighted by molar-refractivity contribution is 7.99. The maximum Gasteiger partial charge on any atom is 0.323 e. The van der Waals surface area contributed by atoms with Gasteiger partial charge in [0.2, 0.25) is 0 Å². The number of rotatable bonds is 5. The third kappa shape index (κ3) is 4.74. The van der Waals surface area contributed by atoms with E-state index in [9.17, 15) is 4.79 Å². The summed E-state index contributed by atoms with van der Waals surface area (Å²) in [6, 6.07) is 25.9. The first-order chi connectivity index (χ1) is 14.2. The van der Waals surface area contributed by atoms with Crippen molar-refractivity contribution in [2.45, 2.75) is 18.9 Å². The summed E-state index contributed by atoms with van der Waals surface area (Å²) in [6.07, 6.45) is 0. The van der Waals surface area contributed by atoms with Crippen LogP contribution in [-0.4, -0.2) is 23.2 Å². The number of nitrogens with zero attached hydrogens (tertiary/aromatic N) is 1. The van der Waals surface area contributed by atoms with E-state index in [0.29, 0.717) is 13.2 Å². The molecular formula is C24H24N2O2S. The van der Waals surface area contributed by atoms with Crippen molar-refractivity contribution in [1.82, 2.24) is 4.90 Å². The minimum atomic E-state index is -0.0817. The fourth-order valence-corrected chi connectivity index (χ4v) is 4.60. The van der Waals surface area contributed by atoms with Gasteiger partial charge in [0, 0.05) is 23.5 Å². The number of thioether (sulfide) groups is 1. The molecule has 3 aromatic carbocycles. The molecule has 1 aliphatic heterocycles. The van der Waals surface area contributed by atoms with E-state index in [2.05, 4.69) is 11.4 Å². The van der Waals surface area contributed by atoms with Gasteiger partial charge in [-0.1, -0.05) is 66.2 Å². The summed E-state index contributed by atoms with van der Waals surface area (Å²) in [7, 11) is 0. The van der Waals surface area contributed by atoms with Crippen LogP contribution >= 0.6 is 11.8 Å². The Morgan fingerprint density at radius 3 is 2.55 bits per heavy atom. The van der Waals surface area contributed by atoms with Crippen LogP contribution in [-0.2, 0) is 6.61 Å². The lowest BCUT2D eigenvalue weighted by molar-refractivity contribution is 0.213. The molecule has 29 heavy (non-hydrogen) atoms. The zero-order valence-electron chi connectivity index (χ0n) is 16.4. The summed E-state index contributed by atoms with van der Waals surface area (Å²) in [6.45, 7) is 3.25. The highest BCUT2D eigenvalue weighted by Gasteiger charge is 2.32. The van der Waals surface area contributed by atoms with E-state index in [4.69, 9.17) is 4.74 Å². The number of para-hydroxylation sites is 1. The number of hydrogen-bond donors (Lipinski definition) is 1. The molecule has 1 saturated heterocycles. The van der Waals surface area contributed by atoms with Crippen LogP contribution in [0.3, 0.4) is 0 Å². The quantitative estimate of drug-likeness (QED) is 0.580. The van der Waals surface area contributed by atoms with Crippen LogP contribution in [0.25, 0.3) is 0 Å². The van der Waals surface area contributed by atoms with Crippen molar-refractivity contribution >= 4 is 23.5 Å². The lowest BCUT2D eigenvalue weighted by Crippen LogP contribution is -2.34.